The van der Waals surface area contributed by atoms with Crippen LogP contribution in [-0.4, -0.2) is 35.7 Å². The van der Waals surface area contributed by atoms with Crippen molar-refractivity contribution in [2.45, 2.75) is 52.7 Å². The maximum atomic E-state index is 11.6. The van der Waals surface area contributed by atoms with E-state index in [2.05, 4.69) is 10.6 Å². The number of nitrogens with one attached hydrogen (secondary N) is 2. The zero-order valence-electron chi connectivity index (χ0n) is 10.4. The van der Waals surface area contributed by atoms with Crippen LogP contribution in [0.15, 0.2) is 0 Å². The van der Waals surface area contributed by atoms with E-state index in [-0.39, 0.29) is 30.6 Å². The van der Waals surface area contributed by atoms with Gasteiger partial charge in [0.15, 0.2) is 0 Å². The molecule has 4 nitrogen and oxygen atoms in total. The second-order valence-corrected chi connectivity index (χ2v) is 4.58. The molecule has 0 aromatic carbocycles. The highest BCUT2D eigenvalue weighted by Gasteiger charge is 2.19. The third kappa shape index (κ3) is 5.74. The number of carbonyl (C=O) groups is 1. The molecular weight excluding hydrogens is 192 g/mol. The number of aliphatic hydroxyl groups excluding tert-OH is 1. The molecule has 0 aliphatic carbocycles. The third-order valence-corrected chi connectivity index (χ3v) is 2.29. The lowest BCUT2D eigenvalue weighted by atomic mass is 10.0. The SMILES string of the molecule is CC(C)NC(=O)C(C)NC(CO)C(C)C. The predicted molar refractivity (Wildman–Crippen MR) is 61.6 cm³/mol. The summed E-state index contributed by atoms with van der Waals surface area (Å²) in [6, 6.07) is -0.154. The van der Waals surface area contributed by atoms with E-state index in [4.69, 9.17) is 5.11 Å². The molecule has 0 radical (unpaired) electrons. The zero-order valence-corrected chi connectivity index (χ0v) is 10.4. The summed E-state index contributed by atoms with van der Waals surface area (Å²) in [6.45, 7) is 9.74. The Morgan fingerprint density at radius 2 is 1.73 bits per heavy atom. The molecule has 4 heteroatoms. The molecule has 15 heavy (non-hydrogen) atoms. The van der Waals surface area contributed by atoms with E-state index in [0.29, 0.717) is 5.92 Å². The summed E-state index contributed by atoms with van der Waals surface area (Å²) in [4.78, 5) is 11.6. The standard InChI is InChI=1S/C11H24N2O2/c1-7(2)10(6-14)13-9(5)11(15)12-8(3)4/h7-10,13-14H,6H2,1-5H3,(H,12,15). The van der Waals surface area contributed by atoms with Gasteiger partial charge in [-0.2, -0.15) is 0 Å². The van der Waals surface area contributed by atoms with Crippen LogP contribution >= 0.6 is 0 Å². The molecule has 0 heterocycles. The second-order valence-electron chi connectivity index (χ2n) is 4.58. The van der Waals surface area contributed by atoms with Crippen LogP contribution in [0.3, 0.4) is 0 Å². The van der Waals surface area contributed by atoms with Crippen LogP contribution in [0.25, 0.3) is 0 Å². The molecule has 0 saturated heterocycles. The Morgan fingerprint density at radius 3 is 2.07 bits per heavy atom. The fraction of sp³-hybridized carbons (Fsp3) is 0.909. The Balaban J connectivity index is 4.10. The first-order valence-corrected chi connectivity index (χ1v) is 5.55. The largest absolute Gasteiger partial charge is 0.395 e. The Morgan fingerprint density at radius 1 is 1.20 bits per heavy atom. The van der Waals surface area contributed by atoms with Gasteiger partial charge in [-0.05, 0) is 26.7 Å². The summed E-state index contributed by atoms with van der Waals surface area (Å²) < 4.78 is 0. The number of amides is 1. The van der Waals surface area contributed by atoms with Gasteiger partial charge in [-0.3, -0.25) is 4.79 Å². The molecule has 0 aliphatic heterocycles. The minimum atomic E-state index is -0.271. The topological polar surface area (TPSA) is 61.4 Å². The number of aliphatic hydroxyl groups is 1. The van der Waals surface area contributed by atoms with E-state index >= 15 is 0 Å². The number of rotatable bonds is 6. The average molecular weight is 216 g/mol. The van der Waals surface area contributed by atoms with Crippen molar-refractivity contribution in [1.82, 2.24) is 10.6 Å². The van der Waals surface area contributed by atoms with E-state index in [1.807, 2.05) is 34.6 Å². The van der Waals surface area contributed by atoms with Gasteiger partial charge in [0.05, 0.1) is 12.6 Å². The minimum Gasteiger partial charge on any atom is -0.395 e. The van der Waals surface area contributed by atoms with E-state index in [9.17, 15) is 4.79 Å². The molecule has 3 N–H and O–H groups in total. The highest BCUT2D eigenvalue weighted by molar-refractivity contribution is 5.81. The molecule has 0 rings (SSSR count). The highest BCUT2D eigenvalue weighted by atomic mass is 16.3. The number of hydrogen-bond donors (Lipinski definition) is 3. The molecule has 0 aromatic rings. The van der Waals surface area contributed by atoms with E-state index < -0.39 is 0 Å². The third-order valence-electron chi connectivity index (χ3n) is 2.29. The zero-order chi connectivity index (χ0) is 12.0. The molecule has 0 aliphatic rings. The maximum Gasteiger partial charge on any atom is 0.237 e. The minimum absolute atomic E-state index is 0.0240. The first-order valence-electron chi connectivity index (χ1n) is 5.55. The van der Waals surface area contributed by atoms with Gasteiger partial charge in [-0.15, -0.1) is 0 Å². The summed E-state index contributed by atoms with van der Waals surface area (Å²) >= 11 is 0. The highest BCUT2D eigenvalue weighted by Crippen LogP contribution is 2.01. The fourth-order valence-electron chi connectivity index (χ4n) is 1.26. The molecule has 90 valence electrons. The smallest absolute Gasteiger partial charge is 0.237 e. The Labute approximate surface area is 92.4 Å². The van der Waals surface area contributed by atoms with Crippen molar-refractivity contribution in [3.05, 3.63) is 0 Å². The molecule has 2 atom stereocenters. The fourth-order valence-corrected chi connectivity index (χ4v) is 1.26. The van der Waals surface area contributed by atoms with Crippen molar-refractivity contribution < 1.29 is 9.90 Å². The predicted octanol–water partition coefficient (Wildman–Crippen LogP) is 0.506. The second kappa shape index (κ2) is 6.80. The Bertz CT molecular complexity index is 193. The van der Waals surface area contributed by atoms with E-state index in [0.717, 1.165) is 0 Å². The summed E-state index contributed by atoms with van der Waals surface area (Å²) in [5, 5.41) is 15.1. The van der Waals surface area contributed by atoms with Crippen LogP contribution in [0.4, 0.5) is 0 Å². The molecular formula is C11H24N2O2. The van der Waals surface area contributed by atoms with Gasteiger partial charge in [-0.1, -0.05) is 13.8 Å². The Kier molecular flexibility index (Phi) is 6.52. The van der Waals surface area contributed by atoms with Gasteiger partial charge < -0.3 is 15.7 Å². The quantitative estimate of drug-likeness (QED) is 0.606. The van der Waals surface area contributed by atoms with Crippen LogP contribution in [0.5, 0.6) is 0 Å². The first kappa shape index (κ1) is 14.4. The summed E-state index contributed by atoms with van der Waals surface area (Å²) in [7, 11) is 0. The van der Waals surface area contributed by atoms with Gasteiger partial charge in [0.2, 0.25) is 5.91 Å². The molecule has 2 unspecified atom stereocenters. The lowest BCUT2D eigenvalue weighted by molar-refractivity contribution is -0.123. The van der Waals surface area contributed by atoms with Crippen molar-refractivity contribution in [3.63, 3.8) is 0 Å². The van der Waals surface area contributed by atoms with Gasteiger partial charge in [0.1, 0.15) is 0 Å². The molecule has 0 fully saturated rings. The lowest BCUT2D eigenvalue weighted by Gasteiger charge is -2.24. The molecule has 0 bridgehead atoms. The van der Waals surface area contributed by atoms with Crippen LogP contribution in [0.1, 0.15) is 34.6 Å². The van der Waals surface area contributed by atoms with Crippen LogP contribution in [0, 0.1) is 5.92 Å². The molecule has 1 amide bonds. The van der Waals surface area contributed by atoms with Gasteiger partial charge in [0, 0.05) is 12.1 Å². The normalized spacial score (nSPS) is 15.5. The number of hydrogen-bond acceptors (Lipinski definition) is 3. The monoisotopic (exact) mass is 216 g/mol. The van der Waals surface area contributed by atoms with Crippen molar-refractivity contribution >= 4 is 5.91 Å². The van der Waals surface area contributed by atoms with E-state index in [1.54, 1.807) is 0 Å². The van der Waals surface area contributed by atoms with Crippen LogP contribution in [0.2, 0.25) is 0 Å². The Hall–Kier alpha value is -0.610. The average Bonchev–Trinajstić information content (AvgIpc) is 2.11. The van der Waals surface area contributed by atoms with Gasteiger partial charge >= 0.3 is 0 Å². The van der Waals surface area contributed by atoms with E-state index in [1.165, 1.54) is 0 Å². The van der Waals surface area contributed by atoms with Crippen molar-refractivity contribution in [3.8, 4) is 0 Å². The summed E-state index contributed by atoms with van der Waals surface area (Å²) in [5.74, 6) is 0.286. The first-order chi connectivity index (χ1) is 6.88. The van der Waals surface area contributed by atoms with Crippen molar-refractivity contribution in [2.75, 3.05) is 6.61 Å². The van der Waals surface area contributed by atoms with Gasteiger partial charge in [-0.25, -0.2) is 0 Å². The number of carbonyl (C=O) groups excluding carboxylic acids is 1. The summed E-state index contributed by atoms with van der Waals surface area (Å²) in [5.41, 5.74) is 0. The summed E-state index contributed by atoms with van der Waals surface area (Å²) in [6.07, 6.45) is 0. The molecule has 0 spiro atoms. The van der Waals surface area contributed by atoms with Crippen LogP contribution in [-0.2, 0) is 4.79 Å². The van der Waals surface area contributed by atoms with Crippen molar-refractivity contribution in [2.24, 2.45) is 5.92 Å². The lowest BCUT2D eigenvalue weighted by Crippen LogP contribution is -2.50. The van der Waals surface area contributed by atoms with Gasteiger partial charge in [0.25, 0.3) is 0 Å². The maximum absolute atomic E-state index is 11.6. The molecule has 0 aromatic heterocycles. The van der Waals surface area contributed by atoms with Crippen molar-refractivity contribution in [1.29, 1.82) is 0 Å². The molecule has 0 saturated carbocycles. The van der Waals surface area contributed by atoms with Crippen LogP contribution < -0.4 is 10.6 Å².